The average molecular weight is 496 g/mol. The molecule has 0 aromatic heterocycles. The average Bonchev–Trinajstić information content (AvgIpc) is 2.95. The number of carbonyl (C=O) groups excluding carboxylic acids is 2. The van der Waals surface area contributed by atoms with E-state index in [4.69, 9.17) is 0 Å². The Hall–Kier alpha value is -4.15. The summed E-state index contributed by atoms with van der Waals surface area (Å²) in [6.45, 7) is -0.0173. The lowest BCUT2D eigenvalue weighted by Crippen LogP contribution is -2.29. The monoisotopic (exact) mass is 495 g/mol. The Morgan fingerprint density at radius 1 is 0.639 bits per heavy atom. The lowest BCUT2D eigenvalue weighted by molar-refractivity contribution is -0.119. The van der Waals surface area contributed by atoms with E-state index >= 15 is 0 Å². The molecule has 0 aliphatic carbocycles. The third-order valence-corrected chi connectivity index (χ3v) is 8.76. The first-order valence-corrected chi connectivity index (χ1v) is 13.3. The first kappa shape index (κ1) is 25.0. The van der Waals surface area contributed by atoms with Crippen LogP contribution in [0.2, 0.25) is 0 Å². The molecule has 0 aliphatic rings. The van der Waals surface area contributed by atoms with Crippen LogP contribution >= 0.6 is 7.14 Å². The number of hydrogen-bond donors (Lipinski definition) is 1. The van der Waals surface area contributed by atoms with Crippen molar-refractivity contribution >= 4 is 34.7 Å². The molecule has 0 heterocycles. The fourth-order valence-corrected chi connectivity index (χ4v) is 6.73. The Bertz CT molecular complexity index is 1350. The molecule has 0 atom stereocenters. The maximum Gasteiger partial charge on any atom is 0.243 e. The van der Waals surface area contributed by atoms with Crippen molar-refractivity contribution in [2.24, 2.45) is 10.2 Å². The van der Waals surface area contributed by atoms with Crippen molar-refractivity contribution in [1.82, 2.24) is 5.32 Å². The zero-order chi connectivity index (χ0) is 25.2. The number of nitrogens with one attached hydrogen (secondary N) is 1. The highest BCUT2D eigenvalue weighted by atomic mass is 31.2. The molecule has 0 fully saturated rings. The van der Waals surface area contributed by atoms with Gasteiger partial charge in [0.25, 0.3) is 0 Å². The molecular formula is C29H26N3O3P. The minimum absolute atomic E-state index is 0.172. The zero-order valence-electron chi connectivity index (χ0n) is 19.7. The van der Waals surface area contributed by atoms with Gasteiger partial charge in [0, 0.05) is 28.0 Å². The van der Waals surface area contributed by atoms with E-state index in [0.29, 0.717) is 28.0 Å². The Labute approximate surface area is 210 Å². The SMILES string of the molecule is O=C(CN=NCC(=O)c1ccccc1P(=O)(c1ccccc1)c1ccccc1)NCc1ccccc1. The number of nitrogens with zero attached hydrogens (tertiary/aromatic N) is 2. The van der Waals surface area contributed by atoms with Crippen molar-refractivity contribution in [2.45, 2.75) is 6.54 Å². The Morgan fingerprint density at radius 2 is 1.14 bits per heavy atom. The highest BCUT2D eigenvalue weighted by molar-refractivity contribution is 7.85. The maximum absolute atomic E-state index is 14.7. The van der Waals surface area contributed by atoms with Gasteiger partial charge in [-0.05, 0) is 5.56 Å². The van der Waals surface area contributed by atoms with E-state index in [2.05, 4.69) is 15.5 Å². The summed E-state index contributed by atoms with van der Waals surface area (Å²) in [7, 11) is -3.32. The van der Waals surface area contributed by atoms with Gasteiger partial charge in [0.2, 0.25) is 5.91 Å². The van der Waals surface area contributed by atoms with Gasteiger partial charge in [0.15, 0.2) is 12.9 Å². The van der Waals surface area contributed by atoms with Crippen LogP contribution in [0.5, 0.6) is 0 Å². The van der Waals surface area contributed by atoms with Crippen LogP contribution in [0, 0.1) is 0 Å². The smallest absolute Gasteiger partial charge is 0.243 e. The van der Waals surface area contributed by atoms with E-state index in [1.165, 1.54) is 0 Å². The molecule has 1 N–H and O–H groups in total. The fraction of sp³-hybridized carbons (Fsp3) is 0.103. The summed E-state index contributed by atoms with van der Waals surface area (Å²) >= 11 is 0. The predicted molar refractivity (Wildman–Crippen MR) is 143 cm³/mol. The van der Waals surface area contributed by atoms with Gasteiger partial charge in [-0.25, -0.2) is 0 Å². The van der Waals surface area contributed by atoms with E-state index in [9.17, 15) is 14.2 Å². The van der Waals surface area contributed by atoms with Gasteiger partial charge in [-0.15, -0.1) is 0 Å². The molecule has 0 bridgehead atoms. The second-order valence-electron chi connectivity index (χ2n) is 8.08. The summed E-state index contributed by atoms with van der Waals surface area (Å²) in [5.74, 6) is -0.598. The van der Waals surface area contributed by atoms with Crippen LogP contribution in [0.25, 0.3) is 0 Å². The van der Waals surface area contributed by atoms with Gasteiger partial charge in [0.05, 0.1) is 0 Å². The van der Waals surface area contributed by atoms with Crippen LogP contribution in [-0.2, 0) is 15.9 Å². The highest BCUT2D eigenvalue weighted by Gasteiger charge is 2.33. The minimum Gasteiger partial charge on any atom is -0.350 e. The number of Topliss-reactive ketones (excluding diaryl/α,β-unsaturated/α-hetero) is 1. The van der Waals surface area contributed by atoms with Crippen molar-refractivity contribution in [3.05, 3.63) is 126 Å². The van der Waals surface area contributed by atoms with E-state index in [1.54, 1.807) is 24.3 Å². The predicted octanol–water partition coefficient (Wildman–Crippen LogP) is 4.28. The molecule has 0 aliphatic heterocycles. The van der Waals surface area contributed by atoms with Crippen LogP contribution in [0.15, 0.2) is 125 Å². The van der Waals surface area contributed by atoms with Crippen molar-refractivity contribution in [1.29, 1.82) is 0 Å². The third-order valence-electron chi connectivity index (χ3n) is 5.64. The van der Waals surface area contributed by atoms with Crippen LogP contribution in [0.3, 0.4) is 0 Å². The molecule has 4 aromatic carbocycles. The van der Waals surface area contributed by atoms with Gasteiger partial charge in [-0.2, -0.15) is 10.2 Å². The summed E-state index contributed by atoms with van der Waals surface area (Å²) in [5.41, 5.74) is 1.32. The molecule has 4 rings (SSSR count). The summed E-state index contributed by atoms with van der Waals surface area (Å²) in [5, 5.41) is 12.3. The van der Waals surface area contributed by atoms with Gasteiger partial charge in [-0.3, -0.25) is 9.59 Å². The summed E-state index contributed by atoms with van der Waals surface area (Å²) in [6, 6.07) is 34.9. The molecule has 0 radical (unpaired) electrons. The number of rotatable bonds is 10. The lowest BCUT2D eigenvalue weighted by Gasteiger charge is -2.22. The van der Waals surface area contributed by atoms with E-state index < -0.39 is 7.14 Å². The van der Waals surface area contributed by atoms with Gasteiger partial charge < -0.3 is 9.88 Å². The van der Waals surface area contributed by atoms with E-state index in [0.717, 1.165) is 5.56 Å². The molecule has 7 heteroatoms. The standard InChI is InChI=1S/C29H26N3O3P/c33-27(21-31-32-22-29(34)30-20-23-12-4-1-5-13-23)26-18-10-11-19-28(26)36(35,24-14-6-2-7-15-24)25-16-8-3-9-17-25/h1-19H,20-22H2,(H,30,34). The Balaban J connectivity index is 1.50. The van der Waals surface area contributed by atoms with E-state index in [-0.39, 0.29) is 24.8 Å². The van der Waals surface area contributed by atoms with Crippen molar-refractivity contribution in [2.75, 3.05) is 13.1 Å². The van der Waals surface area contributed by atoms with Crippen molar-refractivity contribution < 1.29 is 14.2 Å². The van der Waals surface area contributed by atoms with Crippen molar-refractivity contribution in [3.63, 3.8) is 0 Å². The molecule has 0 saturated carbocycles. The maximum atomic E-state index is 14.7. The molecule has 0 spiro atoms. The van der Waals surface area contributed by atoms with Gasteiger partial charge in [0.1, 0.15) is 13.1 Å². The molecule has 6 nitrogen and oxygen atoms in total. The molecule has 1 amide bonds. The largest absolute Gasteiger partial charge is 0.350 e. The topological polar surface area (TPSA) is 88.0 Å². The van der Waals surface area contributed by atoms with Gasteiger partial charge in [-0.1, -0.05) is 115 Å². The number of azo groups is 1. The van der Waals surface area contributed by atoms with Crippen LogP contribution in [0.1, 0.15) is 15.9 Å². The number of hydrogen-bond acceptors (Lipinski definition) is 5. The summed E-state index contributed by atoms with van der Waals surface area (Å²) in [6.07, 6.45) is 0. The highest BCUT2D eigenvalue weighted by Crippen LogP contribution is 2.43. The zero-order valence-corrected chi connectivity index (χ0v) is 20.6. The molecule has 0 saturated heterocycles. The third kappa shape index (κ3) is 5.91. The second kappa shape index (κ2) is 12.0. The summed E-state index contributed by atoms with van der Waals surface area (Å²) in [4.78, 5) is 25.2. The summed E-state index contributed by atoms with van der Waals surface area (Å²) < 4.78 is 14.7. The normalized spacial score (nSPS) is 11.3. The first-order chi connectivity index (χ1) is 17.6. The van der Waals surface area contributed by atoms with Crippen molar-refractivity contribution in [3.8, 4) is 0 Å². The quantitative estimate of drug-likeness (QED) is 0.202. The Morgan fingerprint density at radius 3 is 1.75 bits per heavy atom. The first-order valence-electron chi connectivity index (χ1n) is 11.6. The number of benzene rings is 4. The second-order valence-corrected chi connectivity index (χ2v) is 10.8. The number of ketones is 1. The van der Waals surface area contributed by atoms with Gasteiger partial charge >= 0.3 is 0 Å². The molecule has 0 unspecified atom stereocenters. The molecule has 180 valence electrons. The molecule has 36 heavy (non-hydrogen) atoms. The minimum atomic E-state index is -3.32. The fourth-order valence-electron chi connectivity index (χ4n) is 3.85. The van der Waals surface area contributed by atoms with Crippen LogP contribution in [0.4, 0.5) is 0 Å². The van der Waals surface area contributed by atoms with Crippen LogP contribution < -0.4 is 21.2 Å². The number of amides is 1. The molecular weight excluding hydrogens is 469 g/mol. The Kier molecular flexibility index (Phi) is 8.32. The number of carbonyl (C=O) groups is 2. The molecule has 4 aromatic rings. The van der Waals surface area contributed by atoms with E-state index in [1.807, 2.05) is 91.0 Å². The lowest BCUT2D eigenvalue weighted by atomic mass is 10.1. The van der Waals surface area contributed by atoms with Crippen LogP contribution in [-0.4, -0.2) is 24.8 Å².